The Balaban J connectivity index is 1.29. The van der Waals surface area contributed by atoms with Crippen molar-refractivity contribution < 1.29 is 14.2 Å². The van der Waals surface area contributed by atoms with Gasteiger partial charge in [-0.3, -0.25) is 0 Å². The van der Waals surface area contributed by atoms with E-state index in [9.17, 15) is 9.50 Å². The molecule has 1 aliphatic carbocycles. The van der Waals surface area contributed by atoms with Gasteiger partial charge in [-0.1, -0.05) is 12.1 Å². The molecule has 0 aliphatic heterocycles. The number of fused-ring (bicyclic) bond motifs is 1. The Morgan fingerprint density at radius 1 is 1.12 bits per heavy atom. The van der Waals surface area contributed by atoms with Crippen molar-refractivity contribution in [1.82, 2.24) is 15.3 Å². The van der Waals surface area contributed by atoms with Gasteiger partial charge in [0, 0.05) is 32.1 Å². The fourth-order valence-corrected chi connectivity index (χ4v) is 4.46. The summed E-state index contributed by atoms with van der Waals surface area (Å²) < 4.78 is 18.8. The number of hydrogen-bond acceptors (Lipinski definition) is 7. The number of para-hydroxylation sites is 1. The second kappa shape index (κ2) is 10.2. The van der Waals surface area contributed by atoms with Gasteiger partial charge in [-0.25, -0.2) is 9.37 Å². The molecule has 8 heteroatoms. The number of phenolic OH excluding ortho intramolecular Hbond substituents is 1. The summed E-state index contributed by atoms with van der Waals surface area (Å²) in [5.41, 5.74) is 1.70. The van der Waals surface area contributed by atoms with Crippen LogP contribution in [-0.2, 0) is 6.54 Å². The molecule has 4 rings (SSSR count). The number of halogens is 1. The lowest BCUT2D eigenvalue weighted by Crippen LogP contribution is -2.31. The molecule has 0 radical (unpaired) electrons. The van der Waals surface area contributed by atoms with Crippen LogP contribution in [0.3, 0.4) is 0 Å². The summed E-state index contributed by atoms with van der Waals surface area (Å²) in [5.74, 6) is 1.23. The van der Waals surface area contributed by atoms with E-state index in [4.69, 9.17) is 14.7 Å². The second-order valence-electron chi connectivity index (χ2n) is 8.90. The van der Waals surface area contributed by atoms with Crippen LogP contribution in [0.4, 0.5) is 16.2 Å². The molecule has 1 saturated carbocycles. The quantitative estimate of drug-likeness (QED) is 0.469. The number of nitrogens with zero attached hydrogens (tertiary/aromatic N) is 3. The lowest BCUT2D eigenvalue weighted by Gasteiger charge is -2.29. The summed E-state index contributed by atoms with van der Waals surface area (Å²) in [6.45, 7) is 1.40. The van der Waals surface area contributed by atoms with Gasteiger partial charge in [-0.05, 0) is 68.0 Å². The zero-order valence-corrected chi connectivity index (χ0v) is 19.4. The molecule has 176 valence electrons. The molecule has 3 aromatic rings. The third-order valence-electron chi connectivity index (χ3n) is 6.26. The van der Waals surface area contributed by atoms with Crippen LogP contribution in [-0.4, -0.2) is 48.9 Å². The van der Waals surface area contributed by atoms with Crippen molar-refractivity contribution in [3.05, 3.63) is 47.8 Å². The van der Waals surface area contributed by atoms with Crippen LogP contribution in [0.2, 0.25) is 0 Å². The summed E-state index contributed by atoms with van der Waals surface area (Å²) in [6.07, 6.45) is 4.32. The molecule has 33 heavy (non-hydrogen) atoms. The third-order valence-corrected chi connectivity index (χ3v) is 6.26. The van der Waals surface area contributed by atoms with E-state index in [1.165, 1.54) is 13.2 Å². The topological polar surface area (TPSA) is 82.5 Å². The van der Waals surface area contributed by atoms with Crippen molar-refractivity contribution >= 4 is 22.7 Å². The molecule has 7 nitrogen and oxygen atoms in total. The highest BCUT2D eigenvalue weighted by molar-refractivity contribution is 5.90. The number of benzene rings is 2. The van der Waals surface area contributed by atoms with Gasteiger partial charge >= 0.3 is 0 Å². The maximum atomic E-state index is 13.8. The number of rotatable bonds is 8. The van der Waals surface area contributed by atoms with Crippen molar-refractivity contribution in [3.8, 4) is 11.5 Å². The molecular formula is C25H32FN5O2. The number of hydrogen-bond donors (Lipinski definition) is 3. The molecule has 0 unspecified atom stereocenters. The van der Waals surface area contributed by atoms with Crippen molar-refractivity contribution in [2.24, 2.45) is 5.92 Å². The van der Waals surface area contributed by atoms with Crippen LogP contribution < -0.4 is 20.3 Å². The number of aromatic nitrogens is 2. The van der Waals surface area contributed by atoms with E-state index < -0.39 is 11.6 Å². The highest BCUT2D eigenvalue weighted by Gasteiger charge is 2.22. The number of phenols is 1. The fourth-order valence-electron chi connectivity index (χ4n) is 4.46. The van der Waals surface area contributed by atoms with Gasteiger partial charge in [0.25, 0.3) is 0 Å². The van der Waals surface area contributed by atoms with Crippen LogP contribution in [0.15, 0.2) is 36.4 Å². The van der Waals surface area contributed by atoms with E-state index >= 15 is 0 Å². The number of aromatic hydroxyl groups is 1. The smallest absolute Gasteiger partial charge is 0.225 e. The molecule has 0 spiro atoms. The van der Waals surface area contributed by atoms with E-state index in [-0.39, 0.29) is 5.75 Å². The first-order valence-corrected chi connectivity index (χ1v) is 11.4. The minimum atomic E-state index is -0.661. The van der Waals surface area contributed by atoms with Crippen LogP contribution >= 0.6 is 0 Å². The molecule has 1 heterocycles. The van der Waals surface area contributed by atoms with Gasteiger partial charge in [0.1, 0.15) is 5.82 Å². The minimum Gasteiger partial charge on any atom is -0.502 e. The molecule has 0 saturated heterocycles. The average molecular weight is 454 g/mol. The Kier molecular flexibility index (Phi) is 7.13. The predicted molar refractivity (Wildman–Crippen MR) is 130 cm³/mol. The van der Waals surface area contributed by atoms with Gasteiger partial charge in [0.2, 0.25) is 5.95 Å². The lowest BCUT2D eigenvalue weighted by molar-refractivity contribution is 0.323. The van der Waals surface area contributed by atoms with E-state index in [2.05, 4.69) is 16.7 Å². The van der Waals surface area contributed by atoms with Crippen LogP contribution in [0, 0.1) is 11.7 Å². The summed E-state index contributed by atoms with van der Waals surface area (Å²) in [5, 5.41) is 17.7. The van der Waals surface area contributed by atoms with Crippen LogP contribution in [0.25, 0.3) is 10.9 Å². The summed E-state index contributed by atoms with van der Waals surface area (Å²) >= 11 is 0. The van der Waals surface area contributed by atoms with Crippen LogP contribution in [0.5, 0.6) is 11.5 Å². The standard InChI is InChI=1S/C25H32FN5O2/c1-31(2)24-19-6-4-5-7-21(19)29-25(30-24)28-18-10-8-16(9-11-18)14-27-15-17-12-20(26)23(32)22(13-17)33-3/h4-7,12-13,16,18,27,32H,8-11,14-15H2,1-3H3,(H,28,29,30)/t16-,18+. The Labute approximate surface area is 194 Å². The maximum absolute atomic E-state index is 13.8. The summed E-state index contributed by atoms with van der Waals surface area (Å²) in [4.78, 5) is 11.5. The number of ether oxygens (including phenoxy) is 1. The molecule has 1 aromatic heterocycles. The monoisotopic (exact) mass is 453 g/mol. The van der Waals surface area contributed by atoms with E-state index in [0.29, 0.717) is 24.5 Å². The molecule has 2 aromatic carbocycles. The van der Waals surface area contributed by atoms with Crippen molar-refractivity contribution in [1.29, 1.82) is 0 Å². The third kappa shape index (κ3) is 5.45. The SMILES string of the molecule is COc1cc(CNC[C@H]2CC[C@@H](Nc3nc(N(C)C)c4ccccc4n3)CC2)cc(F)c1O. The first-order chi connectivity index (χ1) is 15.9. The number of methoxy groups -OCH3 is 1. The zero-order chi connectivity index (χ0) is 23.4. The number of anilines is 2. The molecule has 1 fully saturated rings. The van der Waals surface area contributed by atoms with Crippen molar-refractivity contribution in [2.75, 3.05) is 38.0 Å². The molecule has 0 bridgehead atoms. The second-order valence-corrected chi connectivity index (χ2v) is 8.90. The van der Waals surface area contributed by atoms with Gasteiger partial charge in [0.05, 0.1) is 12.6 Å². The average Bonchev–Trinajstić information content (AvgIpc) is 2.81. The first kappa shape index (κ1) is 23.0. The highest BCUT2D eigenvalue weighted by atomic mass is 19.1. The summed E-state index contributed by atoms with van der Waals surface area (Å²) in [6, 6.07) is 11.4. The lowest BCUT2D eigenvalue weighted by atomic mass is 9.86. The Morgan fingerprint density at radius 3 is 2.61 bits per heavy atom. The van der Waals surface area contributed by atoms with E-state index in [1.54, 1.807) is 6.07 Å². The van der Waals surface area contributed by atoms with Gasteiger partial charge < -0.3 is 25.4 Å². The van der Waals surface area contributed by atoms with Gasteiger partial charge in [-0.2, -0.15) is 4.98 Å². The first-order valence-electron chi connectivity index (χ1n) is 11.4. The Hall–Kier alpha value is -3.13. The zero-order valence-electron chi connectivity index (χ0n) is 19.4. The molecule has 1 aliphatic rings. The van der Waals surface area contributed by atoms with E-state index in [1.807, 2.05) is 37.2 Å². The predicted octanol–water partition coefficient (Wildman–Crippen LogP) is 4.31. The molecule has 0 atom stereocenters. The Bertz CT molecular complexity index is 1100. The Morgan fingerprint density at radius 2 is 1.88 bits per heavy atom. The molecule has 3 N–H and O–H groups in total. The summed E-state index contributed by atoms with van der Waals surface area (Å²) in [7, 11) is 5.42. The highest BCUT2D eigenvalue weighted by Crippen LogP contribution is 2.31. The van der Waals surface area contributed by atoms with Gasteiger partial charge in [-0.15, -0.1) is 0 Å². The molecule has 0 amide bonds. The van der Waals surface area contributed by atoms with Crippen LogP contribution in [0.1, 0.15) is 31.2 Å². The van der Waals surface area contributed by atoms with Gasteiger partial charge in [0.15, 0.2) is 17.3 Å². The normalized spacial score (nSPS) is 18.3. The molecular weight excluding hydrogens is 421 g/mol. The van der Waals surface area contributed by atoms with Crippen molar-refractivity contribution in [3.63, 3.8) is 0 Å². The minimum absolute atomic E-state index is 0.159. The maximum Gasteiger partial charge on any atom is 0.225 e. The fraction of sp³-hybridized carbons (Fsp3) is 0.440. The largest absolute Gasteiger partial charge is 0.502 e. The number of nitrogens with one attached hydrogen (secondary N) is 2. The van der Waals surface area contributed by atoms with E-state index in [0.717, 1.165) is 54.5 Å². The van der Waals surface area contributed by atoms with Crippen molar-refractivity contribution in [2.45, 2.75) is 38.3 Å².